The van der Waals surface area contributed by atoms with E-state index in [4.69, 9.17) is 25.7 Å². The van der Waals surface area contributed by atoms with Gasteiger partial charge in [-0.25, -0.2) is 0 Å². The van der Waals surface area contributed by atoms with Crippen LogP contribution >= 0.6 is 63.4 Å². The summed E-state index contributed by atoms with van der Waals surface area (Å²) in [5, 5.41) is 0. The monoisotopic (exact) mass is 952 g/mol. The van der Waals surface area contributed by atoms with Gasteiger partial charge in [0.15, 0.2) is 0 Å². The van der Waals surface area contributed by atoms with Crippen molar-refractivity contribution in [2.24, 2.45) is 0 Å². The van der Waals surface area contributed by atoms with E-state index in [-0.39, 0.29) is 34.1 Å². The SMILES string of the molecule is CP(C)CCP(C)C.CP(C)CCP(C)C.CP(C)CCP(C)C.CP(C)CCP(C)C.[C-]#CC#[C-].[C-]#C[Si](C)(C)C.[C-]#C[Si](C)(C)C.[Mn+2].[Mn+3]. The predicted octanol–water partition coefficient (Wildman–Crippen LogP) is 12.9. The number of hydrogen-bond acceptors (Lipinski definition) is 0. The topological polar surface area (TPSA) is 0 Å². The molecular weight excluding hydrogens is 870 g/mol. The van der Waals surface area contributed by atoms with Gasteiger partial charge in [0.25, 0.3) is 0 Å². The van der Waals surface area contributed by atoms with Crippen LogP contribution in [0.3, 0.4) is 0 Å². The zero-order chi connectivity index (χ0) is 40.1. The number of rotatable bonds is 12. The Labute approximate surface area is 354 Å². The van der Waals surface area contributed by atoms with Gasteiger partial charge in [0.2, 0.25) is 0 Å². The molecule has 0 bridgehead atoms. The van der Waals surface area contributed by atoms with Gasteiger partial charge in [0, 0.05) is 0 Å². The Kier molecular flexibility index (Phi) is 77.4. The van der Waals surface area contributed by atoms with Crippen LogP contribution in [-0.2, 0) is 34.1 Å². The van der Waals surface area contributed by atoms with Gasteiger partial charge < -0.3 is 48.6 Å². The summed E-state index contributed by atoms with van der Waals surface area (Å²) >= 11 is 0. The van der Waals surface area contributed by atoms with Gasteiger partial charge in [-0.1, -0.05) is 39.3 Å². The maximum absolute atomic E-state index is 6.67. The van der Waals surface area contributed by atoms with Crippen molar-refractivity contribution in [3.8, 4) is 22.9 Å². The summed E-state index contributed by atoms with van der Waals surface area (Å²) in [5.41, 5.74) is 4.99. The van der Waals surface area contributed by atoms with E-state index in [1.54, 1.807) is 11.8 Å². The second-order valence-corrected chi connectivity index (χ2v) is 45.8. The molecule has 0 amide bonds. The molecule has 0 aromatic heterocycles. The van der Waals surface area contributed by atoms with Gasteiger partial charge in [0.1, 0.15) is 0 Å². The summed E-state index contributed by atoms with van der Waals surface area (Å²) in [6, 6.07) is 0. The molecule has 0 aliphatic heterocycles. The van der Waals surface area contributed by atoms with E-state index in [1.165, 1.54) is 49.3 Å². The zero-order valence-electron chi connectivity index (χ0n) is 37.0. The minimum Gasteiger partial charge on any atom is -0.701 e. The first-order valence-corrected chi connectivity index (χ1v) is 42.8. The van der Waals surface area contributed by atoms with E-state index in [2.05, 4.69) is 157 Å². The summed E-state index contributed by atoms with van der Waals surface area (Å²) in [6.45, 7) is 50.2. The molecule has 0 aliphatic carbocycles. The zero-order valence-corrected chi connectivity index (χ0v) is 48.5. The largest absolute Gasteiger partial charge is 3.00 e. The molecule has 0 aliphatic rings. The van der Waals surface area contributed by atoms with E-state index >= 15 is 0 Å². The molecule has 0 aromatic rings. The first-order valence-electron chi connectivity index (χ1n) is 16.4. The standard InChI is InChI=1S/4C6H16P2.2C5H9Si.C4.2Mn/c4*1-7(2)5-6-8(3)4;2*1-5-6(2,3)4;1-3-4-2;;/h4*5-6H2,1-4H3;2*2-4H3;;;/q;;;;2*-1;-2;+2;+3. The van der Waals surface area contributed by atoms with Crippen LogP contribution in [0.15, 0.2) is 0 Å². The van der Waals surface area contributed by atoms with Crippen molar-refractivity contribution < 1.29 is 34.1 Å². The van der Waals surface area contributed by atoms with Crippen molar-refractivity contribution in [1.29, 1.82) is 0 Å². The fourth-order valence-corrected chi connectivity index (χ4v) is 14.4. The van der Waals surface area contributed by atoms with Crippen LogP contribution in [0.4, 0.5) is 0 Å². The molecule has 50 heavy (non-hydrogen) atoms. The van der Waals surface area contributed by atoms with Crippen LogP contribution in [0, 0.1) is 48.6 Å². The Morgan fingerprint density at radius 2 is 0.400 bits per heavy atom. The molecule has 12 heteroatoms. The van der Waals surface area contributed by atoms with Gasteiger partial charge in [-0.05, 0) is 156 Å². The molecule has 0 nitrogen and oxygen atoms in total. The van der Waals surface area contributed by atoms with Crippen LogP contribution in [0.25, 0.3) is 0 Å². The van der Waals surface area contributed by atoms with Crippen LogP contribution in [0.5, 0.6) is 0 Å². The third-order valence-electron chi connectivity index (χ3n) is 4.79. The second-order valence-electron chi connectivity index (χ2n) is 15.4. The van der Waals surface area contributed by atoms with Crippen LogP contribution in [-0.4, -0.2) is 172 Å². The number of hydrogen-bond donors (Lipinski definition) is 0. The molecule has 0 saturated carbocycles. The fourth-order valence-electron chi connectivity index (χ4n) is 1.60. The average molecular weight is 953 g/mol. The third kappa shape index (κ3) is 142. The Balaban J connectivity index is -0.0000000562. The van der Waals surface area contributed by atoms with E-state index in [1.807, 2.05) is 0 Å². The third-order valence-corrected chi connectivity index (χ3v) is 16.6. The smallest absolute Gasteiger partial charge is 0.701 e. The summed E-state index contributed by atoms with van der Waals surface area (Å²) in [6.07, 6.45) is 37.0. The maximum Gasteiger partial charge on any atom is 3.00 e. The normalized spacial score (nSPS) is 9.88. The molecule has 0 fully saturated rings. The molecular formula is C38H82Mn2P8Si2+. The Morgan fingerprint density at radius 3 is 0.420 bits per heavy atom. The Bertz CT molecular complexity index is 678. The molecule has 0 N–H and O–H groups in total. The summed E-state index contributed by atoms with van der Waals surface area (Å²) in [4.78, 5) is 0. The van der Waals surface area contributed by atoms with Crippen LogP contribution in [0.2, 0.25) is 39.3 Å². The molecule has 1 radical (unpaired) electrons. The first kappa shape index (κ1) is 74.2. The van der Waals surface area contributed by atoms with Crippen LogP contribution < -0.4 is 0 Å². The average Bonchev–Trinajstić information content (AvgIpc) is 2.94. The van der Waals surface area contributed by atoms with Gasteiger partial charge in [-0.15, -0.1) is 63.4 Å². The Hall–Kier alpha value is 3.15. The predicted molar refractivity (Wildman–Crippen MR) is 264 cm³/mol. The first-order chi connectivity index (χ1) is 21.5. The molecule has 0 atom stereocenters. The van der Waals surface area contributed by atoms with E-state index < -0.39 is 16.1 Å². The van der Waals surface area contributed by atoms with E-state index in [0.717, 1.165) is 0 Å². The quantitative estimate of drug-likeness (QED) is 0.0791. The molecule has 0 unspecified atom stereocenters. The maximum atomic E-state index is 6.67. The summed E-state index contributed by atoms with van der Waals surface area (Å²) in [7, 11) is 0.637. The summed E-state index contributed by atoms with van der Waals surface area (Å²) < 4.78 is 0. The van der Waals surface area contributed by atoms with E-state index in [9.17, 15) is 0 Å². The van der Waals surface area contributed by atoms with Crippen molar-refractivity contribution in [2.75, 3.05) is 156 Å². The minimum absolute atomic E-state index is 0. The van der Waals surface area contributed by atoms with Crippen molar-refractivity contribution in [3.63, 3.8) is 0 Å². The molecule has 0 spiro atoms. The van der Waals surface area contributed by atoms with Crippen LogP contribution in [0.1, 0.15) is 0 Å². The summed E-state index contributed by atoms with van der Waals surface area (Å²) in [5.74, 6) is 3.19. The van der Waals surface area contributed by atoms with Crippen molar-refractivity contribution in [2.45, 2.75) is 39.3 Å². The fraction of sp³-hybridized carbons (Fsp3) is 0.789. The molecule has 0 saturated heterocycles. The minimum atomic E-state index is -1.21. The van der Waals surface area contributed by atoms with Crippen molar-refractivity contribution in [1.82, 2.24) is 0 Å². The van der Waals surface area contributed by atoms with E-state index in [0.29, 0.717) is 63.4 Å². The van der Waals surface area contributed by atoms with Crippen molar-refractivity contribution in [3.05, 3.63) is 25.7 Å². The van der Waals surface area contributed by atoms with Gasteiger partial charge >= 0.3 is 34.1 Å². The molecule has 0 aromatic carbocycles. The second kappa shape index (κ2) is 52.2. The van der Waals surface area contributed by atoms with Crippen molar-refractivity contribution >= 4 is 79.5 Å². The molecule has 0 rings (SSSR count). The Morgan fingerprint density at radius 1 is 0.320 bits per heavy atom. The van der Waals surface area contributed by atoms with Gasteiger partial charge in [0.05, 0.1) is 16.1 Å². The van der Waals surface area contributed by atoms with Gasteiger partial charge in [-0.3, -0.25) is 0 Å². The molecule has 0 heterocycles. The molecule has 295 valence electrons. The van der Waals surface area contributed by atoms with Gasteiger partial charge in [-0.2, -0.15) is 0 Å².